The van der Waals surface area contributed by atoms with Crippen molar-refractivity contribution in [2.75, 3.05) is 0 Å². The Hall–Kier alpha value is -2.38. The number of nitrogens with zero attached hydrogens (tertiary/aromatic N) is 1. The molecular formula is C15H20N2O6. The fraction of sp³-hybridized carbons (Fsp3) is 0.600. The van der Waals surface area contributed by atoms with Crippen LogP contribution in [0.3, 0.4) is 0 Å². The van der Waals surface area contributed by atoms with Crippen molar-refractivity contribution in [2.45, 2.75) is 51.7 Å². The molecule has 1 aromatic rings. The molecule has 1 aromatic heterocycles. The van der Waals surface area contributed by atoms with Gasteiger partial charge < -0.3 is 14.5 Å². The second-order valence-corrected chi connectivity index (χ2v) is 5.82. The van der Waals surface area contributed by atoms with Crippen LogP contribution in [0.1, 0.15) is 50.1 Å². The Morgan fingerprint density at radius 3 is 2.70 bits per heavy atom. The third-order valence-electron chi connectivity index (χ3n) is 4.07. The number of amides is 1. The van der Waals surface area contributed by atoms with E-state index in [0.717, 1.165) is 37.8 Å². The van der Waals surface area contributed by atoms with Crippen LogP contribution < -0.4 is 5.32 Å². The maximum Gasteiger partial charge on any atom is 0.433 e. The summed E-state index contributed by atoms with van der Waals surface area (Å²) in [4.78, 5) is 33.7. The molecule has 0 bridgehead atoms. The Bertz CT molecular complexity index is 597. The average molecular weight is 324 g/mol. The number of furan rings is 1. The van der Waals surface area contributed by atoms with Gasteiger partial charge in [0.2, 0.25) is 5.76 Å². The highest BCUT2D eigenvalue weighted by atomic mass is 16.7. The molecule has 23 heavy (non-hydrogen) atoms. The van der Waals surface area contributed by atoms with Crippen molar-refractivity contribution in [3.05, 3.63) is 28.0 Å². The lowest BCUT2D eigenvalue weighted by molar-refractivity contribution is -0.402. The van der Waals surface area contributed by atoms with E-state index >= 15 is 0 Å². The fourth-order valence-electron chi connectivity index (χ4n) is 2.64. The summed E-state index contributed by atoms with van der Waals surface area (Å²) < 4.78 is 9.75. The zero-order valence-corrected chi connectivity index (χ0v) is 13.1. The molecule has 0 unspecified atom stereocenters. The van der Waals surface area contributed by atoms with E-state index in [4.69, 9.17) is 9.15 Å². The number of rotatable bonds is 5. The van der Waals surface area contributed by atoms with E-state index in [1.54, 1.807) is 0 Å². The van der Waals surface area contributed by atoms with Crippen molar-refractivity contribution in [3.63, 3.8) is 0 Å². The molecule has 0 aromatic carbocycles. The molecule has 1 aliphatic carbocycles. The Labute approximate surface area is 133 Å². The zero-order chi connectivity index (χ0) is 17.0. The van der Waals surface area contributed by atoms with E-state index in [-0.39, 0.29) is 17.7 Å². The van der Waals surface area contributed by atoms with Crippen LogP contribution in [0.5, 0.6) is 0 Å². The first-order valence-corrected chi connectivity index (χ1v) is 7.64. The molecule has 1 N–H and O–H groups in total. The molecule has 8 nitrogen and oxygen atoms in total. The van der Waals surface area contributed by atoms with Crippen LogP contribution in [0.15, 0.2) is 16.5 Å². The molecule has 8 heteroatoms. The highest BCUT2D eigenvalue weighted by Crippen LogP contribution is 2.24. The van der Waals surface area contributed by atoms with Gasteiger partial charge in [-0.2, -0.15) is 0 Å². The van der Waals surface area contributed by atoms with E-state index in [1.807, 2.05) is 0 Å². The van der Waals surface area contributed by atoms with E-state index < -0.39 is 22.9 Å². The van der Waals surface area contributed by atoms with E-state index in [9.17, 15) is 19.7 Å². The first kappa shape index (κ1) is 17.0. The zero-order valence-electron chi connectivity index (χ0n) is 13.1. The summed E-state index contributed by atoms with van der Waals surface area (Å²) in [6.45, 7) is 3.54. The Kier molecular flexibility index (Phi) is 5.36. The van der Waals surface area contributed by atoms with Crippen LogP contribution in [0.25, 0.3) is 0 Å². The van der Waals surface area contributed by atoms with Gasteiger partial charge >= 0.3 is 11.9 Å². The number of nitro groups is 1. The number of hydrogen-bond donors (Lipinski definition) is 1. The summed E-state index contributed by atoms with van der Waals surface area (Å²) in [5.74, 6) is -1.74. The SMILES string of the molecule is C[C@@H](OC(=O)c1ccc([N+](=O)[O-])o1)C(=O)N[C@H]1CCCC[C@@H]1C. The highest BCUT2D eigenvalue weighted by Gasteiger charge is 2.27. The number of nitrogens with one attached hydrogen (secondary N) is 1. The van der Waals surface area contributed by atoms with Crippen LogP contribution in [0.4, 0.5) is 5.88 Å². The second kappa shape index (κ2) is 7.26. The van der Waals surface area contributed by atoms with Gasteiger partial charge in [-0.25, -0.2) is 4.79 Å². The summed E-state index contributed by atoms with van der Waals surface area (Å²) in [7, 11) is 0. The Morgan fingerprint density at radius 1 is 1.39 bits per heavy atom. The fourth-order valence-corrected chi connectivity index (χ4v) is 2.64. The number of carbonyl (C=O) groups excluding carboxylic acids is 2. The van der Waals surface area contributed by atoms with Crippen molar-refractivity contribution < 1.29 is 23.7 Å². The monoisotopic (exact) mass is 324 g/mol. The molecule has 3 atom stereocenters. The van der Waals surface area contributed by atoms with Gasteiger partial charge in [0, 0.05) is 6.04 Å². The average Bonchev–Trinajstić information content (AvgIpc) is 2.99. The third-order valence-corrected chi connectivity index (χ3v) is 4.07. The molecular weight excluding hydrogens is 304 g/mol. The smallest absolute Gasteiger partial charge is 0.433 e. The predicted octanol–water partition coefficient (Wildman–Crippen LogP) is 2.43. The minimum atomic E-state index is -0.999. The number of esters is 1. The first-order valence-electron chi connectivity index (χ1n) is 7.64. The minimum Gasteiger partial charge on any atom is -0.447 e. The molecule has 1 fully saturated rings. The third kappa shape index (κ3) is 4.30. The predicted molar refractivity (Wildman–Crippen MR) is 79.8 cm³/mol. The summed E-state index contributed by atoms with van der Waals surface area (Å²) in [6.07, 6.45) is 3.21. The molecule has 1 saturated carbocycles. The molecule has 0 aliphatic heterocycles. The number of hydrogen-bond acceptors (Lipinski definition) is 6. The molecule has 126 valence electrons. The van der Waals surface area contributed by atoms with Crippen molar-refractivity contribution in [1.29, 1.82) is 0 Å². The van der Waals surface area contributed by atoms with Crippen LogP contribution in [-0.2, 0) is 9.53 Å². The lowest BCUT2D eigenvalue weighted by Gasteiger charge is -2.30. The lowest BCUT2D eigenvalue weighted by atomic mass is 9.86. The second-order valence-electron chi connectivity index (χ2n) is 5.82. The van der Waals surface area contributed by atoms with Gasteiger partial charge in [0.05, 0.1) is 6.07 Å². The molecule has 0 spiro atoms. The van der Waals surface area contributed by atoms with Crippen molar-refractivity contribution in [2.24, 2.45) is 5.92 Å². The van der Waals surface area contributed by atoms with Gasteiger partial charge in [0.15, 0.2) is 6.10 Å². The quantitative estimate of drug-likeness (QED) is 0.506. The van der Waals surface area contributed by atoms with Gasteiger partial charge in [-0.1, -0.05) is 19.8 Å². The molecule has 1 heterocycles. The van der Waals surface area contributed by atoms with Gasteiger partial charge in [0.1, 0.15) is 4.92 Å². The molecule has 1 amide bonds. The van der Waals surface area contributed by atoms with E-state index in [0.29, 0.717) is 5.92 Å². The van der Waals surface area contributed by atoms with Gasteiger partial charge in [-0.05, 0) is 31.7 Å². The Morgan fingerprint density at radius 2 is 2.09 bits per heavy atom. The number of ether oxygens (including phenoxy) is 1. The molecule has 0 radical (unpaired) electrons. The van der Waals surface area contributed by atoms with Gasteiger partial charge in [-0.3, -0.25) is 14.9 Å². The van der Waals surface area contributed by atoms with Crippen LogP contribution in [0, 0.1) is 16.0 Å². The standard InChI is InChI=1S/C15H20N2O6/c1-9-5-3-4-6-11(9)16-14(18)10(2)22-15(19)12-7-8-13(23-12)17(20)21/h7-11H,3-6H2,1-2H3,(H,16,18)/t9-,10+,11-/m0/s1. The van der Waals surface area contributed by atoms with Crippen LogP contribution in [-0.4, -0.2) is 28.9 Å². The van der Waals surface area contributed by atoms with Crippen molar-refractivity contribution in [3.8, 4) is 0 Å². The van der Waals surface area contributed by atoms with Crippen LogP contribution in [0.2, 0.25) is 0 Å². The van der Waals surface area contributed by atoms with Gasteiger partial charge in [-0.15, -0.1) is 0 Å². The number of carbonyl (C=O) groups is 2. The van der Waals surface area contributed by atoms with E-state index in [2.05, 4.69) is 12.2 Å². The molecule has 0 saturated heterocycles. The highest BCUT2D eigenvalue weighted by molar-refractivity contribution is 5.90. The van der Waals surface area contributed by atoms with Gasteiger partial charge in [0.25, 0.3) is 5.91 Å². The first-order chi connectivity index (χ1) is 10.9. The summed E-state index contributed by atoms with van der Waals surface area (Å²) in [6, 6.07) is 2.29. The molecule has 2 rings (SSSR count). The van der Waals surface area contributed by atoms with E-state index in [1.165, 1.54) is 6.92 Å². The maximum atomic E-state index is 12.1. The van der Waals surface area contributed by atoms with Crippen molar-refractivity contribution >= 4 is 17.8 Å². The maximum absolute atomic E-state index is 12.1. The lowest BCUT2D eigenvalue weighted by Crippen LogP contribution is -2.45. The van der Waals surface area contributed by atoms with Crippen LogP contribution >= 0.6 is 0 Å². The summed E-state index contributed by atoms with van der Waals surface area (Å²) >= 11 is 0. The normalized spacial score (nSPS) is 22.2. The Balaban J connectivity index is 1.89. The molecule has 1 aliphatic rings. The summed E-state index contributed by atoms with van der Waals surface area (Å²) in [5, 5.41) is 13.4. The largest absolute Gasteiger partial charge is 0.447 e. The minimum absolute atomic E-state index is 0.0853. The topological polar surface area (TPSA) is 112 Å². The van der Waals surface area contributed by atoms with Crippen molar-refractivity contribution in [1.82, 2.24) is 5.32 Å². The summed E-state index contributed by atoms with van der Waals surface area (Å²) in [5.41, 5.74) is 0.